The first-order valence-electron chi connectivity index (χ1n) is 6.38. The second-order valence-electron chi connectivity index (χ2n) is 4.21. The Kier molecular flexibility index (Phi) is 6.69. The van der Waals surface area contributed by atoms with Gasteiger partial charge in [-0.05, 0) is 38.6 Å². The summed E-state index contributed by atoms with van der Waals surface area (Å²) >= 11 is 0. The normalized spacial score (nSPS) is 18.7. The molecule has 2 heteroatoms. The highest BCUT2D eigenvalue weighted by atomic mass is 16.5. The van der Waals surface area contributed by atoms with Crippen LogP contribution in [0.15, 0.2) is 11.6 Å². The van der Waals surface area contributed by atoms with Crippen LogP contribution in [0.3, 0.4) is 0 Å². The zero-order valence-corrected chi connectivity index (χ0v) is 10.2. The molecule has 15 heavy (non-hydrogen) atoms. The van der Waals surface area contributed by atoms with Crippen molar-refractivity contribution < 1.29 is 4.74 Å². The SMILES string of the molecule is CCCOCC(NCC)C1=CCCCC1. The maximum atomic E-state index is 5.65. The average Bonchev–Trinajstić information content (AvgIpc) is 2.29. The summed E-state index contributed by atoms with van der Waals surface area (Å²) in [5.74, 6) is 0. The van der Waals surface area contributed by atoms with E-state index in [1.807, 2.05) is 0 Å². The maximum Gasteiger partial charge on any atom is 0.0658 e. The van der Waals surface area contributed by atoms with Crippen LogP contribution in [0.1, 0.15) is 46.0 Å². The fourth-order valence-corrected chi connectivity index (χ4v) is 2.07. The van der Waals surface area contributed by atoms with Crippen molar-refractivity contribution in [3.8, 4) is 0 Å². The van der Waals surface area contributed by atoms with Crippen LogP contribution >= 0.6 is 0 Å². The Morgan fingerprint density at radius 3 is 2.87 bits per heavy atom. The lowest BCUT2D eigenvalue weighted by molar-refractivity contribution is 0.119. The predicted octanol–water partition coefficient (Wildman–Crippen LogP) is 2.89. The van der Waals surface area contributed by atoms with E-state index in [-0.39, 0.29) is 0 Å². The third-order valence-corrected chi connectivity index (χ3v) is 2.86. The van der Waals surface area contributed by atoms with Gasteiger partial charge in [0.05, 0.1) is 12.6 Å². The van der Waals surface area contributed by atoms with Crippen molar-refractivity contribution in [1.29, 1.82) is 0 Å². The molecular weight excluding hydrogens is 186 g/mol. The van der Waals surface area contributed by atoms with Crippen molar-refractivity contribution in [2.75, 3.05) is 19.8 Å². The zero-order chi connectivity index (χ0) is 10.9. The van der Waals surface area contributed by atoms with Gasteiger partial charge in [-0.15, -0.1) is 0 Å². The van der Waals surface area contributed by atoms with E-state index >= 15 is 0 Å². The summed E-state index contributed by atoms with van der Waals surface area (Å²) in [6.45, 7) is 7.07. The summed E-state index contributed by atoms with van der Waals surface area (Å²) < 4.78 is 5.65. The molecule has 0 aromatic rings. The second kappa shape index (κ2) is 7.89. The fraction of sp³-hybridized carbons (Fsp3) is 0.846. The third kappa shape index (κ3) is 4.80. The lowest BCUT2D eigenvalue weighted by atomic mass is 9.94. The quantitative estimate of drug-likeness (QED) is 0.516. The van der Waals surface area contributed by atoms with Crippen molar-refractivity contribution in [3.05, 3.63) is 11.6 Å². The molecule has 88 valence electrons. The largest absolute Gasteiger partial charge is 0.379 e. The van der Waals surface area contributed by atoms with Crippen LogP contribution in [0.2, 0.25) is 0 Å². The van der Waals surface area contributed by atoms with Crippen molar-refractivity contribution in [2.45, 2.75) is 52.0 Å². The summed E-state index contributed by atoms with van der Waals surface area (Å²) in [6.07, 6.45) is 8.74. The van der Waals surface area contributed by atoms with Crippen molar-refractivity contribution in [1.82, 2.24) is 5.32 Å². The summed E-state index contributed by atoms with van der Waals surface area (Å²) in [5.41, 5.74) is 1.57. The minimum absolute atomic E-state index is 0.460. The number of nitrogens with one attached hydrogen (secondary N) is 1. The molecule has 0 heterocycles. The molecule has 0 amide bonds. The molecule has 1 atom stereocenters. The molecule has 0 saturated carbocycles. The molecule has 1 rings (SSSR count). The Balaban J connectivity index is 2.37. The molecule has 0 aliphatic heterocycles. The molecule has 0 radical (unpaired) electrons. The standard InChI is InChI=1S/C13H25NO/c1-3-10-15-11-13(14-4-2)12-8-6-5-7-9-12/h8,13-14H,3-7,9-11H2,1-2H3. The monoisotopic (exact) mass is 211 g/mol. The molecular formula is C13H25NO. The van der Waals surface area contributed by atoms with Crippen LogP contribution < -0.4 is 5.32 Å². The minimum atomic E-state index is 0.460. The highest BCUT2D eigenvalue weighted by molar-refractivity contribution is 5.13. The lowest BCUT2D eigenvalue weighted by Gasteiger charge is -2.23. The van der Waals surface area contributed by atoms with Gasteiger partial charge in [0.2, 0.25) is 0 Å². The summed E-state index contributed by atoms with van der Waals surface area (Å²) in [7, 11) is 0. The van der Waals surface area contributed by atoms with Gasteiger partial charge in [0.25, 0.3) is 0 Å². The molecule has 0 aromatic carbocycles. The number of hydrogen-bond acceptors (Lipinski definition) is 2. The topological polar surface area (TPSA) is 21.3 Å². The highest BCUT2D eigenvalue weighted by Crippen LogP contribution is 2.20. The van der Waals surface area contributed by atoms with Crippen molar-refractivity contribution in [3.63, 3.8) is 0 Å². The molecule has 0 saturated heterocycles. The lowest BCUT2D eigenvalue weighted by Crippen LogP contribution is -2.35. The molecule has 2 nitrogen and oxygen atoms in total. The molecule has 1 aliphatic carbocycles. The molecule has 0 spiro atoms. The van der Waals surface area contributed by atoms with E-state index in [4.69, 9.17) is 4.74 Å². The smallest absolute Gasteiger partial charge is 0.0658 e. The van der Waals surface area contributed by atoms with Crippen LogP contribution in [0.5, 0.6) is 0 Å². The van der Waals surface area contributed by atoms with E-state index < -0.39 is 0 Å². The molecule has 0 bridgehead atoms. The van der Waals surface area contributed by atoms with Crippen molar-refractivity contribution >= 4 is 0 Å². The Labute approximate surface area is 94.1 Å². The van der Waals surface area contributed by atoms with Gasteiger partial charge in [0.1, 0.15) is 0 Å². The van der Waals surface area contributed by atoms with Gasteiger partial charge in [-0.2, -0.15) is 0 Å². The molecule has 0 fully saturated rings. The van der Waals surface area contributed by atoms with Gasteiger partial charge >= 0.3 is 0 Å². The average molecular weight is 211 g/mol. The Bertz CT molecular complexity index is 189. The summed E-state index contributed by atoms with van der Waals surface area (Å²) in [6, 6.07) is 0.460. The number of likely N-dealkylation sites (N-methyl/N-ethyl adjacent to an activating group) is 1. The Morgan fingerprint density at radius 1 is 1.40 bits per heavy atom. The van der Waals surface area contributed by atoms with Crippen molar-refractivity contribution in [2.24, 2.45) is 0 Å². The highest BCUT2D eigenvalue weighted by Gasteiger charge is 2.14. The van der Waals surface area contributed by atoms with Gasteiger partial charge in [0.15, 0.2) is 0 Å². The second-order valence-corrected chi connectivity index (χ2v) is 4.21. The Morgan fingerprint density at radius 2 is 2.27 bits per heavy atom. The minimum Gasteiger partial charge on any atom is -0.379 e. The van der Waals surface area contributed by atoms with Crippen LogP contribution in [-0.2, 0) is 4.74 Å². The molecule has 1 aliphatic rings. The zero-order valence-electron chi connectivity index (χ0n) is 10.2. The predicted molar refractivity (Wildman–Crippen MR) is 65.1 cm³/mol. The number of allylic oxidation sites excluding steroid dienone is 1. The van der Waals surface area contributed by atoms with Gasteiger partial charge in [0, 0.05) is 6.61 Å². The van der Waals surface area contributed by atoms with E-state index in [0.29, 0.717) is 6.04 Å². The van der Waals surface area contributed by atoms with E-state index in [2.05, 4.69) is 25.2 Å². The summed E-state index contributed by atoms with van der Waals surface area (Å²) in [5, 5.41) is 3.52. The van der Waals surface area contributed by atoms with E-state index in [1.54, 1.807) is 5.57 Å². The fourth-order valence-electron chi connectivity index (χ4n) is 2.07. The maximum absolute atomic E-state index is 5.65. The third-order valence-electron chi connectivity index (χ3n) is 2.86. The van der Waals surface area contributed by atoms with Crippen LogP contribution in [0, 0.1) is 0 Å². The first-order valence-corrected chi connectivity index (χ1v) is 6.38. The number of hydrogen-bond donors (Lipinski definition) is 1. The van der Waals surface area contributed by atoms with Crippen LogP contribution in [0.4, 0.5) is 0 Å². The first-order chi connectivity index (χ1) is 7.38. The van der Waals surface area contributed by atoms with E-state index in [9.17, 15) is 0 Å². The summed E-state index contributed by atoms with van der Waals surface area (Å²) in [4.78, 5) is 0. The Hall–Kier alpha value is -0.340. The van der Waals surface area contributed by atoms with E-state index in [1.165, 1.54) is 25.7 Å². The van der Waals surface area contributed by atoms with Gasteiger partial charge in [-0.3, -0.25) is 0 Å². The van der Waals surface area contributed by atoms with E-state index in [0.717, 1.165) is 26.2 Å². The van der Waals surface area contributed by atoms with Gasteiger partial charge in [-0.1, -0.05) is 25.5 Å². The van der Waals surface area contributed by atoms with Crippen LogP contribution in [-0.4, -0.2) is 25.8 Å². The number of rotatable bonds is 7. The van der Waals surface area contributed by atoms with Gasteiger partial charge < -0.3 is 10.1 Å². The first kappa shape index (κ1) is 12.7. The molecule has 1 N–H and O–H groups in total. The molecule has 1 unspecified atom stereocenters. The number of ether oxygens (including phenoxy) is 1. The van der Waals surface area contributed by atoms with Gasteiger partial charge in [-0.25, -0.2) is 0 Å². The van der Waals surface area contributed by atoms with Crippen LogP contribution in [0.25, 0.3) is 0 Å². The molecule has 0 aromatic heterocycles.